The maximum atomic E-state index is 13.1. The first-order valence-corrected chi connectivity index (χ1v) is 9.70. The minimum atomic E-state index is -5.01. The SMILES string of the molecule is C=C(C)C(=O)Oc1ccc2c(sc3c(OC(F)(F)F)c(OC(=O)C(=C)C)ccc32)c1C. The zero-order valence-corrected chi connectivity index (χ0v) is 17.6. The Bertz CT molecular complexity index is 1250. The molecule has 3 rings (SSSR count). The van der Waals surface area contributed by atoms with Crippen LogP contribution in [-0.4, -0.2) is 18.3 Å². The van der Waals surface area contributed by atoms with Crippen molar-refractivity contribution in [2.75, 3.05) is 0 Å². The van der Waals surface area contributed by atoms with E-state index in [0.29, 0.717) is 21.0 Å². The van der Waals surface area contributed by atoms with Crippen LogP contribution in [-0.2, 0) is 9.59 Å². The highest BCUT2D eigenvalue weighted by Gasteiger charge is 2.34. The number of fused-ring (bicyclic) bond motifs is 3. The largest absolute Gasteiger partial charge is 0.573 e. The van der Waals surface area contributed by atoms with E-state index in [1.807, 2.05) is 0 Å². The number of esters is 2. The predicted molar refractivity (Wildman–Crippen MR) is 112 cm³/mol. The molecule has 0 radical (unpaired) electrons. The fraction of sp³-hybridized carbons (Fsp3) is 0.182. The molecule has 1 heterocycles. The molecule has 31 heavy (non-hydrogen) atoms. The smallest absolute Gasteiger partial charge is 0.423 e. The number of rotatable bonds is 5. The second-order valence-corrected chi connectivity index (χ2v) is 7.85. The number of carbonyl (C=O) groups excluding carboxylic acids is 2. The van der Waals surface area contributed by atoms with Crippen molar-refractivity contribution in [3.63, 3.8) is 0 Å². The van der Waals surface area contributed by atoms with E-state index in [-0.39, 0.29) is 27.3 Å². The highest BCUT2D eigenvalue weighted by atomic mass is 32.1. The van der Waals surface area contributed by atoms with Gasteiger partial charge in [0.25, 0.3) is 0 Å². The molecule has 9 heteroatoms. The lowest BCUT2D eigenvalue weighted by atomic mass is 10.1. The van der Waals surface area contributed by atoms with E-state index in [1.165, 1.54) is 26.0 Å². The van der Waals surface area contributed by atoms with Crippen LogP contribution in [0.2, 0.25) is 0 Å². The van der Waals surface area contributed by atoms with Gasteiger partial charge >= 0.3 is 18.3 Å². The molecule has 0 aliphatic carbocycles. The third-order valence-corrected chi connectivity index (χ3v) is 5.59. The highest BCUT2D eigenvalue weighted by molar-refractivity contribution is 7.26. The van der Waals surface area contributed by atoms with E-state index in [0.717, 1.165) is 11.3 Å². The summed E-state index contributed by atoms with van der Waals surface area (Å²) in [6.07, 6.45) is -5.01. The second-order valence-electron chi connectivity index (χ2n) is 6.82. The Labute approximate surface area is 179 Å². The average molecular weight is 450 g/mol. The van der Waals surface area contributed by atoms with Gasteiger partial charge < -0.3 is 14.2 Å². The van der Waals surface area contributed by atoms with Crippen molar-refractivity contribution in [1.82, 2.24) is 0 Å². The summed E-state index contributed by atoms with van der Waals surface area (Å²) in [4.78, 5) is 23.8. The van der Waals surface area contributed by atoms with E-state index < -0.39 is 24.1 Å². The van der Waals surface area contributed by atoms with Gasteiger partial charge in [-0.25, -0.2) is 9.59 Å². The summed E-state index contributed by atoms with van der Waals surface area (Å²) in [5.74, 6) is -2.23. The summed E-state index contributed by atoms with van der Waals surface area (Å²) in [5.41, 5.74) is 0.793. The van der Waals surface area contributed by atoms with Crippen molar-refractivity contribution < 1.29 is 37.0 Å². The average Bonchev–Trinajstić information content (AvgIpc) is 3.04. The van der Waals surface area contributed by atoms with E-state index >= 15 is 0 Å². The van der Waals surface area contributed by atoms with Crippen LogP contribution >= 0.6 is 11.3 Å². The van der Waals surface area contributed by atoms with Crippen molar-refractivity contribution in [2.45, 2.75) is 27.1 Å². The monoisotopic (exact) mass is 450 g/mol. The quantitative estimate of drug-likeness (QED) is 0.262. The number of alkyl halides is 3. The van der Waals surface area contributed by atoms with Gasteiger partial charge in [-0.3, -0.25) is 0 Å². The zero-order chi connectivity index (χ0) is 23.1. The Morgan fingerprint density at radius 3 is 1.87 bits per heavy atom. The third-order valence-electron chi connectivity index (χ3n) is 4.25. The Kier molecular flexibility index (Phi) is 5.82. The van der Waals surface area contributed by atoms with Gasteiger partial charge in [0.2, 0.25) is 0 Å². The van der Waals surface area contributed by atoms with E-state index in [4.69, 9.17) is 9.47 Å². The van der Waals surface area contributed by atoms with Crippen LogP contribution in [0.1, 0.15) is 19.4 Å². The van der Waals surface area contributed by atoms with E-state index in [9.17, 15) is 22.8 Å². The maximum Gasteiger partial charge on any atom is 0.573 e. The minimum Gasteiger partial charge on any atom is -0.423 e. The second kappa shape index (κ2) is 8.07. The van der Waals surface area contributed by atoms with Crippen molar-refractivity contribution in [3.05, 3.63) is 54.1 Å². The van der Waals surface area contributed by atoms with Crippen LogP contribution < -0.4 is 14.2 Å². The maximum absolute atomic E-state index is 13.1. The van der Waals surface area contributed by atoms with Gasteiger partial charge in [0.15, 0.2) is 11.5 Å². The molecule has 0 saturated carbocycles. The molecular formula is C22H17F3O5S. The molecule has 2 aromatic carbocycles. The lowest BCUT2D eigenvalue weighted by molar-refractivity contribution is -0.274. The van der Waals surface area contributed by atoms with Crippen LogP contribution in [0.4, 0.5) is 13.2 Å². The molecule has 1 aromatic heterocycles. The fourth-order valence-electron chi connectivity index (χ4n) is 2.75. The standard InChI is InChI=1S/C22H17F3O5S/c1-10(2)20(26)28-15-8-6-13-14-7-9-16(29-21(27)11(3)4)17(30-22(23,24)25)19(14)31-18(13)12(15)5/h6-9H,1,3H2,2,4-5H3. The molecule has 0 fully saturated rings. The third kappa shape index (κ3) is 4.56. The number of aryl methyl sites for hydroxylation is 1. The molecule has 5 nitrogen and oxygen atoms in total. The minimum absolute atomic E-state index is 0.0224. The summed E-state index contributed by atoms with van der Waals surface area (Å²) in [7, 11) is 0. The van der Waals surface area contributed by atoms with Gasteiger partial charge in [-0.15, -0.1) is 24.5 Å². The number of hydrogen-bond donors (Lipinski definition) is 0. The zero-order valence-electron chi connectivity index (χ0n) is 16.8. The van der Waals surface area contributed by atoms with Crippen LogP contribution in [0.5, 0.6) is 17.2 Å². The van der Waals surface area contributed by atoms with Crippen LogP contribution in [0, 0.1) is 6.92 Å². The Hall–Kier alpha value is -3.33. The lowest BCUT2D eigenvalue weighted by Gasteiger charge is -2.14. The van der Waals surface area contributed by atoms with Crippen LogP contribution in [0.25, 0.3) is 20.2 Å². The molecule has 3 aromatic rings. The molecule has 0 spiro atoms. The highest BCUT2D eigenvalue weighted by Crippen LogP contribution is 2.48. The van der Waals surface area contributed by atoms with Crippen LogP contribution in [0.3, 0.4) is 0 Å². The van der Waals surface area contributed by atoms with Gasteiger partial charge in [0.1, 0.15) is 5.75 Å². The van der Waals surface area contributed by atoms with E-state index in [1.54, 1.807) is 19.1 Å². The van der Waals surface area contributed by atoms with Gasteiger partial charge in [0, 0.05) is 32.2 Å². The molecule has 0 amide bonds. The first-order valence-electron chi connectivity index (χ1n) is 8.89. The molecular weight excluding hydrogens is 433 g/mol. The summed E-state index contributed by atoms with van der Waals surface area (Å²) in [5, 5.41) is 1.10. The molecule has 0 N–H and O–H groups in total. The van der Waals surface area contributed by atoms with Gasteiger partial charge in [-0.1, -0.05) is 13.2 Å². The summed E-state index contributed by atoms with van der Waals surface area (Å²) < 4.78 is 54.7. The number of ether oxygens (including phenoxy) is 3. The molecule has 0 bridgehead atoms. The van der Waals surface area contributed by atoms with Crippen molar-refractivity contribution >= 4 is 43.4 Å². The van der Waals surface area contributed by atoms with Gasteiger partial charge in [-0.2, -0.15) is 0 Å². The summed E-state index contributed by atoms with van der Waals surface area (Å²) in [6, 6.07) is 5.97. The normalized spacial score (nSPS) is 11.4. The Morgan fingerprint density at radius 1 is 0.871 bits per heavy atom. The Morgan fingerprint density at radius 2 is 1.35 bits per heavy atom. The van der Waals surface area contributed by atoms with Crippen LogP contribution in [0.15, 0.2) is 48.6 Å². The predicted octanol–water partition coefficient (Wildman–Crippen LogP) is 6.22. The van der Waals surface area contributed by atoms with Crippen molar-refractivity contribution in [2.24, 2.45) is 0 Å². The Balaban J connectivity index is 2.23. The molecule has 0 saturated heterocycles. The summed E-state index contributed by atoms with van der Waals surface area (Å²) >= 11 is 1.00. The number of halogens is 3. The fourth-order valence-corrected chi connectivity index (χ4v) is 4.02. The van der Waals surface area contributed by atoms with Gasteiger partial charge in [-0.05, 0) is 45.0 Å². The van der Waals surface area contributed by atoms with Crippen molar-refractivity contribution in [3.8, 4) is 17.2 Å². The summed E-state index contributed by atoms with van der Waals surface area (Å²) in [6.45, 7) is 11.5. The molecule has 162 valence electrons. The van der Waals surface area contributed by atoms with Gasteiger partial charge in [0.05, 0.1) is 4.70 Å². The number of hydrogen-bond acceptors (Lipinski definition) is 6. The number of benzene rings is 2. The number of carbonyl (C=O) groups is 2. The first-order chi connectivity index (χ1) is 14.4. The molecule has 0 aliphatic rings. The molecule has 0 aliphatic heterocycles. The number of thiophene rings is 1. The lowest BCUT2D eigenvalue weighted by Crippen LogP contribution is -2.18. The first kappa shape index (κ1) is 22.4. The molecule has 0 unspecified atom stereocenters. The topological polar surface area (TPSA) is 61.8 Å². The van der Waals surface area contributed by atoms with E-state index in [2.05, 4.69) is 17.9 Å². The molecule has 0 atom stereocenters. The van der Waals surface area contributed by atoms with Crippen molar-refractivity contribution in [1.29, 1.82) is 0 Å².